The number of carbonyl (C=O) groups excluding carboxylic acids is 3. The van der Waals surface area contributed by atoms with E-state index >= 15 is 0 Å². The first-order valence-corrected chi connectivity index (χ1v) is 15.1. The quantitative estimate of drug-likeness (QED) is 0.110. The molecule has 0 saturated carbocycles. The smallest absolute Gasteiger partial charge is 0.352 e. The molecule has 0 aromatic carbocycles. The van der Waals surface area contributed by atoms with Crippen molar-refractivity contribution >= 4 is 80.8 Å². The van der Waals surface area contributed by atoms with E-state index in [4.69, 9.17) is 15.3 Å². The first kappa shape index (κ1) is 28.8. The van der Waals surface area contributed by atoms with E-state index in [0.29, 0.717) is 15.6 Å². The highest BCUT2D eigenvalue weighted by Gasteiger charge is 2.49. The molecule has 2 aromatic heterocycles. The van der Waals surface area contributed by atoms with Crippen molar-refractivity contribution in [3.8, 4) is 0 Å². The van der Waals surface area contributed by atoms with Crippen LogP contribution in [0.3, 0.4) is 0 Å². The minimum absolute atomic E-state index is 0.0855. The zero-order chi connectivity index (χ0) is 28.3. The Bertz CT molecular complexity index is 1370. The number of hydrogen-bond acceptors (Lipinski definition) is 14. The van der Waals surface area contributed by atoms with Crippen molar-refractivity contribution in [3.05, 3.63) is 32.9 Å². The number of aryl methyl sites for hydroxylation is 1. The van der Waals surface area contributed by atoms with E-state index < -0.39 is 22.6 Å². The molecule has 2 aromatic rings. The SMILES string of the molecule is CCOC(=O)Cc1sc(SCC2=C(C(=O)O)N3C(=O)C[C@H]3SC2NC(=O)/C(=N/OC)c2csc(N)n2)nc1C. The Balaban J connectivity index is 1.60. The summed E-state index contributed by atoms with van der Waals surface area (Å²) in [6, 6.07) is 0. The Morgan fingerprint density at radius 2 is 2.13 bits per heavy atom. The van der Waals surface area contributed by atoms with Gasteiger partial charge in [0.1, 0.15) is 23.9 Å². The van der Waals surface area contributed by atoms with Gasteiger partial charge in [0.15, 0.2) is 15.2 Å². The van der Waals surface area contributed by atoms with Crippen LogP contribution in [0, 0.1) is 6.92 Å². The molecule has 0 bridgehead atoms. The number of β-lactam (4-membered cyclic amide) rings is 1. The van der Waals surface area contributed by atoms with E-state index in [1.54, 1.807) is 19.2 Å². The van der Waals surface area contributed by atoms with Crippen LogP contribution < -0.4 is 11.1 Å². The van der Waals surface area contributed by atoms with E-state index in [1.165, 1.54) is 46.9 Å². The molecule has 1 saturated heterocycles. The molecule has 13 nitrogen and oxygen atoms in total. The topological polar surface area (TPSA) is 186 Å². The number of carboxylic acids is 1. The molecule has 2 aliphatic rings. The van der Waals surface area contributed by atoms with Crippen LogP contribution in [0.25, 0.3) is 0 Å². The van der Waals surface area contributed by atoms with Gasteiger partial charge in [-0.05, 0) is 13.8 Å². The third-order valence-corrected chi connectivity index (χ3v) is 9.91. The van der Waals surface area contributed by atoms with Crippen LogP contribution in [0.15, 0.2) is 26.1 Å². The van der Waals surface area contributed by atoms with Crippen molar-refractivity contribution in [3.63, 3.8) is 0 Å². The molecule has 0 aliphatic carbocycles. The van der Waals surface area contributed by atoms with Gasteiger partial charge in [0, 0.05) is 21.6 Å². The monoisotopic (exact) mass is 612 g/mol. The first-order valence-electron chi connectivity index (χ1n) is 11.4. The fraction of sp³-hybridized carbons (Fsp3) is 0.409. The summed E-state index contributed by atoms with van der Waals surface area (Å²) >= 11 is 4.94. The summed E-state index contributed by atoms with van der Waals surface area (Å²) in [6.45, 7) is 3.79. The van der Waals surface area contributed by atoms with Gasteiger partial charge in [0.05, 0.1) is 30.5 Å². The fourth-order valence-corrected chi connectivity index (χ4v) is 8.14. The number of carboxylic acid groups (broad SMARTS) is 1. The molecule has 4 heterocycles. The van der Waals surface area contributed by atoms with Crippen LogP contribution in [-0.4, -0.2) is 79.7 Å². The Morgan fingerprint density at radius 1 is 1.36 bits per heavy atom. The second-order valence-electron chi connectivity index (χ2n) is 8.04. The third-order valence-electron chi connectivity index (χ3n) is 5.52. The Hall–Kier alpha value is -3.15. The number of nitrogens with zero attached hydrogens (tertiary/aromatic N) is 4. The minimum Gasteiger partial charge on any atom is -0.477 e. The lowest BCUT2D eigenvalue weighted by Gasteiger charge is -2.46. The lowest BCUT2D eigenvalue weighted by molar-refractivity contribution is -0.146. The Kier molecular flexibility index (Phi) is 9.14. The average Bonchev–Trinajstić information content (AvgIpc) is 3.45. The molecule has 39 heavy (non-hydrogen) atoms. The summed E-state index contributed by atoms with van der Waals surface area (Å²) in [4.78, 5) is 65.2. The van der Waals surface area contributed by atoms with E-state index in [1.807, 2.05) is 0 Å². The molecule has 17 heteroatoms. The summed E-state index contributed by atoms with van der Waals surface area (Å²) in [6.07, 6.45) is 0.237. The van der Waals surface area contributed by atoms with Gasteiger partial charge in [-0.3, -0.25) is 19.3 Å². The highest BCUT2D eigenvalue weighted by molar-refractivity contribution is 8.02. The number of carbonyl (C=O) groups is 4. The molecule has 0 spiro atoms. The van der Waals surface area contributed by atoms with Crippen molar-refractivity contribution in [2.24, 2.45) is 5.16 Å². The summed E-state index contributed by atoms with van der Waals surface area (Å²) in [5.41, 5.74) is 6.62. The predicted molar refractivity (Wildman–Crippen MR) is 147 cm³/mol. The van der Waals surface area contributed by atoms with Crippen LogP contribution in [0.1, 0.15) is 29.6 Å². The minimum atomic E-state index is -1.28. The number of hydrogen-bond donors (Lipinski definition) is 3. The number of anilines is 1. The largest absolute Gasteiger partial charge is 0.477 e. The van der Waals surface area contributed by atoms with Gasteiger partial charge >= 0.3 is 11.9 Å². The Labute approximate surface area is 239 Å². The normalized spacial score (nSPS) is 18.9. The number of nitrogens with one attached hydrogen (secondary N) is 1. The van der Waals surface area contributed by atoms with E-state index in [0.717, 1.165) is 16.2 Å². The maximum absolute atomic E-state index is 13.3. The zero-order valence-electron chi connectivity index (χ0n) is 21.0. The highest BCUT2D eigenvalue weighted by Crippen LogP contribution is 2.44. The highest BCUT2D eigenvalue weighted by atomic mass is 32.2. The van der Waals surface area contributed by atoms with Crippen molar-refractivity contribution in [1.29, 1.82) is 0 Å². The number of nitrogen functional groups attached to an aromatic ring is 1. The van der Waals surface area contributed by atoms with Gasteiger partial charge in [-0.25, -0.2) is 14.8 Å². The number of oxime groups is 1. The summed E-state index contributed by atoms with van der Waals surface area (Å²) < 4.78 is 5.62. The number of nitrogens with two attached hydrogens (primary N) is 1. The van der Waals surface area contributed by atoms with Crippen LogP contribution in [0.4, 0.5) is 5.13 Å². The van der Waals surface area contributed by atoms with Gasteiger partial charge in [0.25, 0.3) is 5.91 Å². The maximum atomic E-state index is 13.3. The van der Waals surface area contributed by atoms with Crippen molar-refractivity contribution in [1.82, 2.24) is 20.2 Å². The van der Waals surface area contributed by atoms with Crippen LogP contribution in [-0.2, 0) is 35.2 Å². The van der Waals surface area contributed by atoms with Crippen molar-refractivity contribution in [2.45, 2.75) is 41.8 Å². The van der Waals surface area contributed by atoms with Gasteiger partial charge in [0.2, 0.25) is 5.91 Å². The summed E-state index contributed by atoms with van der Waals surface area (Å²) in [5.74, 6) is -2.48. The van der Waals surface area contributed by atoms with Gasteiger partial charge < -0.3 is 25.7 Å². The standard InChI is InChI=1S/C22H24N6O7S4/c1-4-35-15(30)5-12-9(2)24-22(38-12)37-7-10-17(20(32)33)28-13(29)6-14(28)39-19(10)26-18(31)16(27-34-3)11-8-36-21(23)25-11/h8,14,19H,4-7H2,1-3H3,(H2,23,25)(H,26,31)(H,32,33)/b27-16+/t14-,19?/m1/s1. The molecule has 2 aliphatic heterocycles. The molecule has 2 amide bonds. The van der Waals surface area contributed by atoms with Crippen molar-refractivity contribution in [2.75, 3.05) is 25.2 Å². The summed E-state index contributed by atoms with van der Waals surface area (Å²) in [5, 5.41) is 17.2. The number of amides is 2. The molecule has 4 N–H and O–H groups in total. The number of thiazole rings is 2. The second-order valence-corrected chi connectivity index (χ2v) is 12.5. The molecule has 1 fully saturated rings. The molecule has 2 atom stereocenters. The van der Waals surface area contributed by atoms with Crippen molar-refractivity contribution < 1.29 is 33.9 Å². The third kappa shape index (κ3) is 6.37. The van der Waals surface area contributed by atoms with Gasteiger partial charge in [-0.1, -0.05) is 16.9 Å². The fourth-order valence-electron chi connectivity index (χ4n) is 3.78. The molecule has 4 rings (SSSR count). The maximum Gasteiger partial charge on any atom is 0.352 e. The number of aliphatic carboxylic acids is 1. The molecule has 208 valence electrons. The van der Waals surface area contributed by atoms with Crippen LogP contribution >= 0.6 is 46.2 Å². The van der Waals surface area contributed by atoms with E-state index in [-0.39, 0.29) is 59.3 Å². The van der Waals surface area contributed by atoms with Crippen LogP contribution in [0.5, 0.6) is 0 Å². The number of ether oxygens (including phenoxy) is 1. The Morgan fingerprint density at radius 3 is 2.74 bits per heavy atom. The number of rotatable bonds is 11. The van der Waals surface area contributed by atoms with Gasteiger partial charge in [-0.15, -0.1) is 34.4 Å². The number of fused-ring (bicyclic) bond motifs is 1. The van der Waals surface area contributed by atoms with Gasteiger partial charge in [-0.2, -0.15) is 0 Å². The predicted octanol–water partition coefficient (Wildman–Crippen LogP) is 1.82. The molecular formula is C22H24N6O7S4. The number of aromatic nitrogens is 2. The lowest BCUT2D eigenvalue weighted by Crippen LogP contribution is -2.58. The van der Waals surface area contributed by atoms with E-state index in [9.17, 15) is 24.3 Å². The first-order chi connectivity index (χ1) is 18.6. The molecular weight excluding hydrogens is 589 g/mol. The number of esters is 1. The van der Waals surface area contributed by atoms with Crippen LogP contribution in [0.2, 0.25) is 0 Å². The molecule has 1 unspecified atom stereocenters. The van der Waals surface area contributed by atoms with E-state index in [2.05, 4.69) is 20.4 Å². The lowest BCUT2D eigenvalue weighted by atomic mass is 10.1. The number of thioether (sulfide) groups is 2. The average molecular weight is 613 g/mol. The summed E-state index contributed by atoms with van der Waals surface area (Å²) in [7, 11) is 1.28. The molecule has 0 radical (unpaired) electrons. The zero-order valence-corrected chi connectivity index (χ0v) is 24.2. The second kappa shape index (κ2) is 12.4.